The Morgan fingerprint density at radius 3 is 2.57 bits per heavy atom. The Morgan fingerprint density at radius 1 is 1.29 bits per heavy atom. The number of hydrogen-bond acceptors (Lipinski definition) is 2. The molecule has 0 aromatic carbocycles. The fourth-order valence-corrected chi connectivity index (χ4v) is 1.84. The Labute approximate surface area is 87.1 Å². The molecule has 5 nitrogen and oxygen atoms in total. The van der Waals surface area contributed by atoms with Gasteiger partial charge in [0, 0.05) is 14.1 Å². The number of nitrogens with one attached hydrogen (secondary N) is 1. The van der Waals surface area contributed by atoms with Crippen LogP contribution in [0.25, 0.3) is 11.0 Å². The molecular weight excluding hydrogens is 250 g/mol. The van der Waals surface area contributed by atoms with E-state index in [4.69, 9.17) is 0 Å². The average Bonchev–Trinajstić information content (AvgIpc) is 2.54. The predicted molar refractivity (Wildman–Crippen MR) is 56.5 cm³/mol. The van der Waals surface area contributed by atoms with Gasteiger partial charge < -0.3 is 4.98 Å². The van der Waals surface area contributed by atoms with Crippen LogP contribution in [0.4, 0.5) is 0 Å². The molecule has 0 unspecified atom stereocenters. The SMILES string of the molecule is Cn1c(=O)c2[nH]c(Br)cc2n(C)c1=O. The Hall–Kier alpha value is -1.30. The van der Waals surface area contributed by atoms with E-state index in [0.717, 1.165) is 4.57 Å². The number of aromatic nitrogens is 3. The molecule has 0 spiro atoms. The van der Waals surface area contributed by atoms with Crippen molar-refractivity contribution < 1.29 is 0 Å². The highest BCUT2D eigenvalue weighted by Crippen LogP contribution is 2.13. The second-order valence-corrected chi connectivity index (χ2v) is 3.94. The third-order valence-electron chi connectivity index (χ3n) is 2.22. The predicted octanol–water partition coefficient (Wildman–Crippen LogP) is 0.328. The molecule has 1 N–H and O–H groups in total. The maximum absolute atomic E-state index is 11.6. The van der Waals surface area contributed by atoms with Crippen molar-refractivity contribution in [1.29, 1.82) is 0 Å². The second kappa shape index (κ2) is 2.84. The number of rotatable bonds is 0. The molecule has 0 aliphatic heterocycles. The number of halogens is 1. The molecule has 2 aromatic rings. The first-order chi connectivity index (χ1) is 6.52. The molecule has 2 rings (SSSR count). The second-order valence-electron chi connectivity index (χ2n) is 3.08. The van der Waals surface area contributed by atoms with Crippen molar-refractivity contribution in [3.8, 4) is 0 Å². The first-order valence-electron chi connectivity index (χ1n) is 3.96. The van der Waals surface area contributed by atoms with E-state index in [1.165, 1.54) is 11.6 Å². The smallest absolute Gasteiger partial charge is 0.331 e. The summed E-state index contributed by atoms with van der Waals surface area (Å²) < 4.78 is 3.19. The number of aromatic amines is 1. The first-order valence-corrected chi connectivity index (χ1v) is 4.76. The molecule has 0 fully saturated rings. The van der Waals surface area contributed by atoms with Gasteiger partial charge in [0.05, 0.1) is 10.1 Å². The van der Waals surface area contributed by atoms with Gasteiger partial charge in [-0.15, -0.1) is 0 Å². The van der Waals surface area contributed by atoms with E-state index in [9.17, 15) is 9.59 Å². The lowest BCUT2D eigenvalue weighted by Crippen LogP contribution is -2.36. The molecular formula is C8H8BrN3O2. The van der Waals surface area contributed by atoms with Crippen LogP contribution < -0.4 is 11.2 Å². The molecule has 0 saturated heterocycles. The Balaban J connectivity index is 3.17. The van der Waals surface area contributed by atoms with Crippen LogP contribution in [0.1, 0.15) is 0 Å². The summed E-state index contributed by atoms with van der Waals surface area (Å²) in [4.78, 5) is 26.0. The lowest BCUT2D eigenvalue weighted by Gasteiger charge is -2.02. The zero-order valence-electron chi connectivity index (χ0n) is 7.67. The lowest BCUT2D eigenvalue weighted by atomic mass is 10.4. The number of aryl methyl sites for hydroxylation is 1. The molecule has 0 saturated carbocycles. The van der Waals surface area contributed by atoms with Gasteiger partial charge in [-0.2, -0.15) is 0 Å². The van der Waals surface area contributed by atoms with Crippen LogP contribution >= 0.6 is 15.9 Å². The van der Waals surface area contributed by atoms with Crippen molar-refractivity contribution in [3.05, 3.63) is 31.5 Å². The summed E-state index contributed by atoms with van der Waals surface area (Å²) in [5, 5.41) is 0. The Morgan fingerprint density at radius 2 is 1.93 bits per heavy atom. The summed E-state index contributed by atoms with van der Waals surface area (Å²) in [7, 11) is 3.09. The van der Waals surface area contributed by atoms with E-state index < -0.39 is 0 Å². The van der Waals surface area contributed by atoms with Crippen LogP contribution in [0.5, 0.6) is 0 Å². The summed E-state index contributed by atoms with van der Waals surface area (Å²) in [5.74, 6) is 0. The molecule has 14 heavy (non-hydrogen) atoms. The van der Waals surface area contributed by atoms with Gasteiger partial charge in [0.15, 0.2) is 0 Å². The highest BCUT2D eigenvalue weighted by atomic mass is 79.9. The van der Waals surface area contributed by atoms with Crippen LogP contribution in [0.3, 0.4) is 0 Å². The Kier molecular flexibility index (Phi) is 1.88. The summed E-state index contributed by atoms with van der Waals surface area (Å²) in [6, 6.07) is 1.71. The fourth-order valence-electron chi connectivity index (χ4n) is 1.42. The number of fused-ring (bicyclic) bond motifs is 1. The molecule has 74 valence electrons. The van der Waals surface area contributed by atoms with Crippen LogP contribution in [0.2, 0.25) is 0 Å². The third kappa shape index (κ3) is 1.07. The minimum atomic E-state index is -0.325. The summed E-state index contributed by atoms with van der Waals surface area (Å²) >= 11 is 3.22. The molecule has 6 heteroatoms. The van der Waals surface area contributed by atoms with Gasteiger partial charge in [0.2, 0.25) is 0 Å². The van der Waals surface area contributed by atoms with Crippen molar-refractivity contribution in [2.75, 3.05) is 0 Å². The maximum Gasteiger partial charge on any atom is 0.331 e. The molecule has 2 aromatic heterocycles. The molecule has 0 aliphatic rings. The van der Waals surface area contributed by atoms with Gasteiger partial charge in [0.25, 0.3) is 5.56 Å². The van der Waals surface area contributed by atoms with Gasteiger partial charge in [-0.05, 0) is 22.0 Å². The molecule has 0 radical (unpaired) electrons. The molecule has 0 bridgehead atoms. The summed E-state index contributed by atoms with van der Waals surface area (Å²) in [6.45, 7) is 0. The van der Waals surface area contributed by atoms with Gasteiger partial charge in [-0.3, -0.25) is 13.9 Å². The van der Waals surface area contributed by atoms with E-state index in [0.29, 0.717) is 15.6 Å². The van der Waals surface area contributed by atoms with Gasteiger partial charge in [-0.25, -0.2) is 4.79 Å². The van der Waals surface area contributed by atoms with Crippen molar-refractivity contribution in [2.24, 2.45) is 14.1 Å². The number of H-pyrrole nitrogens is 1. The van der Waals surface area contributed by atoms with Crippen molar-refractivity contribution in [2.45, 2.75) is 0 Å². The summed E-state index contributed by atoms with van der Waals surface area (Å²) in [6.07, 6.45) is 0. The maximum atomic E-state index is 11.6. The van der Waals surface area contributed by atoms with Crippen molar-refractivity contribution >= 4 is 27.0 Å². The standard InChI is InChI=1S/C8H8BrN3O2/c1-11-4-3-5(9)10-6(4)7(13)12(2)8(11)14/h3,10H,1-2H3. The van der Waals surface area contributed by atoms with Gasteiger partial charge in [-0.1, -0.05) is 0 Å². The van der Waals surface area contributed by atoms with E-state index in [1.807, 2.05) is 0 Å². The molecule has 0 aliphatic carbocycles. The normalized spacial score (nSPS) is 11.1. The summed E-state index contributed by atoms with van der Waals surface area (Å²) in [5.41, 5.74) is 0.397. The zero-order chi connectivity index (χ0) is 10.5. The number of nitrogens with zero attached hydrogens (tertiary/aromatic N) is 2. The fraction of sp³-hybridized carbons (Fsp3) is 0.250. The highest BCUT2D eigenvalue weighted by Gasteiger charge is 2.09. The minimum Gasteiger partial charge on any atom is -0.343 e. The van der Waals surface area contributed by atoms with Crippen LogP contribution in [-0.2, 0) is 14.1 Å². The largest absolute Gasteiger partial charge is 0.343 e. The molecule has 0 atom stereocenters. The Bertz CT molecular complexity index is 620. The van der Waals surface area contributed by atoms with Gasteiger partial charge in [0.1, 0.15) is 5.52 Å². The van der Waals surface area contributed by atoms with Crippen LogP contribution in [0, 0.1) is 0 Å². The first kappa shape index (κ1) is 9.26. The van der Waals surface area contributed by atoms with E-state index in [2.05, 4.69) is 20.9 Å². The van der Waals surface area contributed by atoms with E-state index in [-0.39, 0.29) is 11.2 Å². The van der Waals surface area contributed by atoms with Crippen molar-refractivity contribution in [1.82, 2.24) is 14.1 Å². The molecule has 2 heterocycles. The average molecular weight is 258 g/mol. The van der Waals surface area contributed by atoms with Crippen molar-refractivity contribution in [3.63, 3.8) is 0 Å². The topological polar surface area (TPSA) is 59.8 Å². The van der Waals surface area contributed by atoms with Crippen LogP contribution in [0.15, 0.2) is 20.3 Å². The monoisotopic (exact) mass is 257 g/mol. The minimum absolute atomic E-state index is 0.311. The molecule has 0 amide bonds. The van der Waals surface area contributed by atoms with E-state index in [1.54, 1.807) is 13.1 Å². The van der Waals surface area contributed by atoms with Crippen LogP contribution in [-0.4, -0.2) is 14.1 Å². The van der Waals surface area contributed by atoms with E-state index >= 15 is 0 Å². The third-order valence-corrected chi connectivity index (χ3v) is 2.64. The van der Waals surface area contributed by atoms with Gasteiger partial charge >= 0.3 is 5.69 Å². The quantitative estimate of drug-likeness (QED) is 0.740. The lowest BCUT2D eigenvalue weighted by molar-refractivity contribution is 0.713. The number of hydrogen-bond donors (Lipinski definition) is 1. The highest BCUT2D eigenvalue weighted by molar-refractivity contribution is 9.10. The zero-order valence-corrected chi connectivity index (χ0v) is 9.25.